The molecule has 0 aromatic carbocycles. The zero-order chi connectivity index (χ0) is 25.8. The van der Waals surface area contributed by atoms with E-state index in [-0.39, 0.29) is 41.5 Å². The summed E-state index contributed by atoms with van der Waals surface area (Å²) in [4.78, 5) is 25.2. The van der Waals surface area contributed by atoms with Crippen LogP contribution in [0.25, 0.3) is 0 Å². The fourth-order valence-electron chi connectivity index (χ4n) is 10.3. The monoisotopic (exact) mass is 566 g/mol. The number of halogens is 1. The number of fused-ring (bicyclic) bond motifs is 7. The van der Waals surface area contributed by atoms with Gasteiger partial charge in [0.25, 0.3) is 0 Å². The van der Waals surface area contributed by atoms with Crippen molar-refractivity contribution >= 4 is 27.7 Å². The summed E-state index contributed by atoms with van der Waals surface area (Å²) in [7, 11) is 0. The van der Waals surface area contributed by atoms with Gasteiger partial charge in [-0.1, -0.05) is 43.6 Å². The average molecular weight is 568 g/mol. The van der Waals surface area contributed by atoms with E-state index < -0.39 is 27.7 Å². The second kappa shape index (κ2) is 8.25. The molecule has 1 spiro atoms. The van der Waals surface area contributed by atoms with Gasteiger partial charge in [-0.2, -0.15) is 0 Å². The lowest BCUT2D eigenvalue weighted by molar-refractivity contribution is -0.273. The highest BCUT2D eigenvalue weighted by atomic mass is 79.9. The van der Waals surface area contributed by atoms with E-state index in [1.54, 1.807) is 0 Å². The van der Waals surface area contributed by atoms with Crippen molar-refractivity contribution in [2.24, 2.45) is 46.3 Å². The molecule has 202 valence electrons. The normalized spacial score (nSPS) is 58.1. The highest BCUT2D eigenvalue weighted by molar-refractivity contribution is 9.10. The highest BCUT2D eigenvalue weighted by Crippen LogP contribution is 2.72. The minimum absolute atomic E-state index is 0.0915. The molecule has 4 aliphatic carbocycles. The number of carbonyl (C=O) groups is 2. The number of hydrogen-bond donors (Lipinski definition) is 1. The summed E-state index contributed by atoms with van der Waals surface area (Å²) in [6.07, 6.45) is 6.57. The predicted octanol–water partition coefficient (Wildman–Crippen LogP) is 5.03. The van der Waals surface area contributed by atoms with Gasteiger partial charge in [0.2, 0.25) is 0 Å². The summed E-state index contributed by atoms with van der Waals surface area (Å²) in [5.74, 6) is 1.24. The van der Waals surface area contributed by atoms with E-state index in [4.69, 9.17) is 14.2 Å². The van der Waals surface area contributed by atoms with Crippen LogP contribution in [0.5, 0.6) is 0 Å². The molecule has 0 radical (unpaired) electrons. The number of rotatable bonds is 1. The Morgan fingerprint density at radius 3 is 2.53 bits per heavy atom. The Labute approximate surface area is 223 Å². The zero-order valence-electron chi connectivity index (χ0n) is 22.4. The van der Waals surface area contributed by atoms with Crippen LogP contribution in [-0.4, -0.2) is 51.9 Å². The Bertz CT molecular complexity index is 946. The lowest BCUT2D eigenvalue weighted by Gasteiger charge is -2.64. The van der Waals surface area contributed by atoms with Crippen LogP contribution in [0.3, 0.4) is 0 Å². The van der Waals surface area contributed by atoms with E-state index in [0.29, 0.717) is 36.5 Å². The number of hydrogen-bond acceptors (Lipinski definition) is 6. The Balaban J connectivity index is 1.30. The van der Waals surface area contributed by atoms with Crippen molar-refractivity contribution in [2.45, 2.75) is 114 Å². The van der Waals surface area contributed by atoms with E-state index in [2.05, 4.69) is 43.6 Å². The lowest BCUT2D eigenvalue weighted by Crippen LogP contribution is -2.70. The molecule has 2 saturated heterocycles. The number of alkyl halides is 1. The maximum Gasteiger partial charge on any atom is 0.302 e. The summed E-state index contributed by atoms with van der Waals surface area (Å²) >= 11 is 3.84. The van der Waals surface area contributed by atoms with Crippen LogP contribution < -0.4 is 0 Å². The van der Waals surface area contributed by atoms with Crippen molar-refractivity contribution in [3.05, 3.63) is 0 Å². The Kier molecular flexibility index (Phi) is 5.90. The van der Waals surface area contributed by atoms with Gasteiger partial charge >= 0.3 is 5.97 Å². The number of Topliss-reactive ketones (excluding diaryl/α,β-unsaturated/α-hetero) is 1. The molecule has 0 amide bonds. The molecular weight excluding hydrogens is 524 g/mol. The second-order valence-corrected chi connectivity index (χ2v) is 14.8. The van der Waals surface area contributed by atoms with Crippen molar-refractivity contribution in [3.63, 3.8) is 0 Å². The first-order valence-corrected chi connectivity index (χ1v) is 15.2. The van der Waals surface area contributed by atoms with Crippen LogP contribution in [0.2, 0.25) is 0 Å². The molecule has 1 N–H and O–H groups in total. The molecule has 0 aromatic heterocycles. The van der Waals surface area contributed by atoms with Gasteiger partial charge in [0.1, 0.15) is 11.7 Å². The first-order chi connectivity index (χ1) is 16.9. The molecule has 36 heavy (non-hydrogen) atoms. The Morgan fingerprint density at radius 2 is 1.86 bits per heavy atom. The van der Waals surface area contributed by atoms with Gasteiger partial charge in [-0.15, -0.1) is 0 Å². The molecule has 6 aliphatic rings. The van der Waals surface area contributed by atoms with Crippen LogP contribution in [0, 0.1) is 46.3 Å². The first kappa shape index (κ1) is 25.8. The second-order valence-electron chi connectivity index (χ2n) is 13.8. The van der Waals surface area contributed by atoms with Crippen molar-refractivity contribution in [2.75, 3.05) is 6.61 Å². The van der Waals surface area contributed by atoms with E-state index in [9.17, 15) is 14.7 Å². The average Bonchev–Trinajstić information content (AvgIpc) is 3.26. The number of ketones is 1. The van der Waals surface area contributed by atoms with Gasteiger partial charge in [-0.25, -0.2) is 0 Å². The summed E-state index contributed by atoms with van der Waals surface area (Å²) in [6.45, 7) is 11.4. The van der Waals surface area contributed by atoms with Gasteiger partial charge in [-0.3, -0.25) is 9.59 Å². The maximum atomic E-state index is 14.0. The Morgan fingerprint density at radius 1 is 1.11 bits per heavy atom. The molecular formula is C29H43BrO6. The fourth-order valence-corrected chi connectivity index (χ4v) is 11.4. The maximum absolute atomic E-state index is 14.0. The van der Waals surface area contributed by atoms with Gasteiger partial charge < -0.3 is 19.3 Å². The van der Waals surface area contributed by atoms with E-state index >= 15 is 0 Å². The lowest BCUT2D eigenvalue weighted by atomic mass is 9.42. The summed E-state index contributed by atoms with van der Waals surface area (Å²) < 4.78 is 18.8. The number of esters is 1. The zero-order valence-corrected chi connectivity index (χ0v) is 24.0. The fraction of sp³-hybridized carbons (Fsp3) is 0.931. The smallest absolute Gasteiger partial charge is 0.302 e. The molecule has 4 saturated carbocycles. The van der Waals surface area contributed by atoms with Crippen LogP contribution in [0.1, 0.15) is 86.0 Å². The minimum Gasteiger partial charge on any atom is -0.462 e. The molecule has 2 aliphatic heterocycles. The van der Waals surface area contributed by atoms with Crippen molar-refractivity contribution in [1.29, 1.82) is 0 Å². The van der Waals surface area contributed by atoms with E-state index in [0.717, 1.165) is 38.7 Å². The van der Waals surface area contributed by atoms with Gasteiger partial charge in [-0.05, 0) is 73.5 Å². The topological polar surface area (TPSA) is 82.1 Å². The molecule has 7 heteroatoms. The molecule has 6 fully saturated rings. The van der Waals surface area contributed by atoms with Crippen LogP contribution in [0.4, 0.5) is 0 Å². The number of aliphatic hydroxyl groups is 1. The molecule has 0 unspecified atom stereocenters. The van der Waals surface area contributed by atoms with Crippen molar-refractivity contribution in [1.82, 2.24) is 0 Å². The van der Waals surface area contributed by atoms with E-state index in [1.807, 2.05) is 0 Å². The SMILES string of the molecule is CC(=O)O[C@@H]1CC[C@]2(C)[C@@H]3CC[C@@]4(C)[C@@H]5[C@H](C[C@@H]4[C@H]3[C@H](Br)C(=O)[C@@]2(O)C1)O[C@]1(CC[C@H](C)CO1)[C@H]5C. The van der Waals surface area contributed by atoms with Crippen molar-refractivity contribution in [3.8, 4) is 0 Å². The van der Waals surface area contributed by atoms with Gasteiger partial charge in [0.15, 0.2) is 11.6 Å². The quantitative estimate of drug-likeness (QED) is 0.354. The summed E-state index contributed by atoms with van der Waals surface area (Å²) in [5.41, 5.74) is -1.89. The number of carbonyl (C=O) groups excluding carboxylic acids is 2. The Hall–Kier alpha value is -0.500. The molecule has 13 atom stereocenters. The predicted molar refractivity (Wildman–Crippen MR) is 137 cm³/mol. The standard InChI is InChI=1S/C29H43BrO6/c1-15-6-11-29(34-14-15)16(2)23-21(36-29)12-20-22-19(8-9-26(20,23)4)27(5)10-7-18(35-17(3)31)13-28(27,33)25(32)24(22)30/h15-16,18-24,33H,6-14H2,1-5H3/t15-,16-,18+,19+,20+,21-,22-,23-,24-,26+,27+,28-,29+/m0/s1. The highest BCUT2D eigenvalue weighted by Gasteiger charge is 2.74. The van der Waals surface area contributed by atoms with Gasteiger partial charge in [0.05, 0.1) is 17.5 Å². The molecule has 2 heterocycles. The third-order valence-electron chi connectivity index (χ3n) is 12.2. The number of ether oxygens (including phenoxy) is 3. The summed E-state index contributed by atoms with van der Waals surface area (Å²) in [6, 6.07) is 0. The van der Waals surface area contributed by atoms with Gasteiger partial charge in [0, 0.05) is 31.1 Å². The molecule has 6 rings (SSSR count). The third-order valence-corrected chi connectivity index (χ3v) is 13.2. The largest absolute Gasteiger partial charge is 0.462 e. The first-order valence-electron chi connectivity index (χ1n) is 14.3. The summed E-state index contributed by atoms with van der Waals surface area (Å²) in [5, 5.41) is 12.0. The minimum atomic E-state index is -1.47. The molecule has 0 aromatic rings. The van der Waals surface area contributed by atoms with Crippen LogP contribution in [0.15, 0.2) is 0 Å². The molecule has 0 bridgehead atoms. The van der Waals surface area contributed by atoms with E-state index in [1.165, 1.54) is 6.92 Å². The van der Waals surface area contributed by atoms with Crippen LogP contribution >= 0.6 is 15.9 Å². The molecule has 6 nitrogen and oxygen atoms in total. The van der Waals surface area contributed by atoms with Crippen molar-refractivity contribution < 1.29 is 28.9 Å². The van der Waals surface area contributed by atoms with Crippen LogP contribution in [-0.2, 0) is 23.8 Å². The third kappa shape index (κ3) is 3.24.